The molecule has 2 unspecified atom stereocenters. The van der Waals surface area contributed by atoms with Crippen molar-refractivity contribution in [3.8, 4) is 11.6 Å². The number of amides is 1. The number of benzene rings is 1. The molecule has 6 nitrogen and oxygen atoms in total. The first-order valence-corrected chi connectivity index (χ1v) is 10.2. The average molecular weight is 400 g/mol. The Hall–Kier alpha value is -2.18. The molecule has 1 heterocycles. The van der Waals surface area contributed by atoms with Crippen molar-refractivity contribution in [2.24, 2.45) is 17.8 Å². The minimum absolute atomic E-state index is 0.0999. The van der Waals surface area contributed by atoms with Crippen LogP contribution in [0.2, 0.25) is 5.15 Å². The molecule has 4 aliphatic carbocycles. The normalized spacial score (nSPS) is 32.9. The molecule has 1 aromatic heterocycles. The summed E-state index contributed by atoms with van der Waals surface area (Å²) in [5, 5.41) is 21.9. The van der Waals surface area contributed by atoms with Crippen molar-refractivity contribution >= 4 is 17.5 Å². The van der Waals surface area contributed by atoms with Gasteiger partial charge in [0.25, 0.3) is 5.91 Å². The molecule has 4 saturated carbocycles. The van der Waals surface area contributed by atoms with E-state index in [0.29, 0.717) is 40.1 Å². The van der Waals surface area contributed by atoms with Gasteiger partial charge in [0.2, 0.25) is 5.88 Å². The summed E-state index contributed by atoms with van der Waals surface area (Å²) >= 11 is 5.74. The Labute approximate surface area is 168 Å². The third-order valence-corrected chi connectivity index (χ3v) is 6.67. The Balaban J connectivity index is 1.29. The second-order valence-electron chi connectivity index (χ2n) is 8.52. The van der Waals surface area contributed by atoms with Crippen LogP contribution in [0.3, 0.4) is 0 Å². The highest BCUT2D eigenvalue weighted by Crippen LogP contribution is 2.55. The van der Waals surface area contributed by atoms with Gasteiger partial charge in [-0.3, -0.25) is 4.79 Å². The van der Waals surface area contributed by atoms with Crippen molar-refractivity contribution in [1.82, 2.24) is 15.5 Å². The maximum atomic E-state index is 12.9. The molecule has 0 aliphatic heterocycles. The molecule has 28 heavy (non-hydrogen) atoms. The number of hydrogen-bond acceptors (Lipinski definition) is 5. The molecule has 0 radical (unpaired) electrons. The Kier molecular flexibility index (Phi) is 4.29. The van der Waals surface area contributed by atoms with Gasteiger partial charge in [-0.1, -0.05) is 17.7 Å². The van der Waals surface area contributed by atoms with Gasteiger partial charge >= 0.3 is 0 Å². The number of carbonyl (C=O) groups excluding carboxylic acids is 1. The molecule has 4 aliphatic rings. The van der Waals surface area contributed by atoms with Crippen LogP contribution in [0.1, 0.15) is 42.5 Å². The Morgan fingerprint density at radius 1 is 1.14 bits per heavy atom. The molecule has 146 valence electrons. The molecule has 0 saturated heterocycles. The van der Waals surface area contributed by atoms with Crippen LogP contribution in [-0.2, 0) is 0 Å². The summed E-state index contributed by atoms with van der Waals surface area (Å²) in [6.45, 7) is 0. The smallest absolute Gasteiger partial charge is 0.251 e. The summed E-state index contributed by atoms with van der Waals surface area (Å²) in [7, 11) is 0. The van der Waals surface area contributed by atoms with Crippen LogP contribution in [-0.4, -0.2) is 32.9 Å². The Morgan fingerprint density at radius 3 is 2.61 bits per heavy atom. The molecule has 4 fully saturated rings. The fourth-order valence-electron chi connectivity index (χ4n) is 5.63. The lowest BCUT2D eigenvalue weighted by Crippen LogP contribution is -2.61. The van der Waals surface area contributed by atoms with E-state index in [2.05, 4.69) is 15.5 Å². The zero-order valence-corrected chi connectivity index (χ0v) is 16.1. The first-order valence-electron chi connectivity index (χ1n) is 9.78. The molecule has 2 N–H and O–H groups in total. The van der Waals surface area contributed by atoms with Crippen molar-refractivity contribution in [2.45, 2.75) is 43.7 Å². The van der Waals surface area contributed by atoms with Gasteiger partial charge < -0.3 is 15.2 Å². The zero-order chi connectivity index (χ0) is 19.3. The standard InChI is InChI=1S/C21H22ClN3O3/c22-17-4-5-18(25-24-17)28-16-3-1-2-13(8-16)20(26)23-19-14-6-12-7-15(19)11-21(27,9-12)10-14/h1-5,8,12,14-15,19,27H,6-7,9-11H2,(H,23,26). The molecule has 4 bridgehead atoms. The molecular formula is C21H22ClN3O3. The quantitative estimate of drug-likeness (QED) is 0.820. The van der Waals surface area contributed by atoms with Crippen molar-refractivity contribution in [1.29, 1.82) is 0 Å². The second-order valence-corrected chi connectivity index (χ2v) is 8.90. The summed E-state index contributed by atoms with van der Waals surface area (Å²) in [4.78, 5) is 12.9. The van der Waals surface area contributed by atoms with Gasteiger partial charge in [-0.25, -0.2) is 0 Å². The summed E-state index contributed by atoms with van der Waals surface area (Å²) in [6, 6.07) is 10.4. The average Bonchev–Trinajstić information content (AvgIpc) is 2.65. The lowest BCUT2D eigenvalue weighted by atomic mass is 9.52. The number of carbonyl (C=O) groups is 1. The van der Waals surface area contributed by atoms with Gasteiger partial charge in [-0.15, -0.1) is 10.2 Å². The van der Waals surface area contributed by atoms with E-state index in [1.807, 2.05) is 0 Å². The number of rotatable bonds is 4. The molecular weight excluding hydrogens is 378 g/mol. The highest BCUT2D eigenvalue weighted by molar-refractivity contribution is 6.29. The number of nitrogens with one attached hydrogen (secondary N) is 1. The van der Waals surface area contributed by atoms with Gasteiger partial charge in [0.1, 0.15) is 5.75 Å². The number of aromatic nitrogens is 2. The van der Waals surface area contributed by atoms with E-state index in [4.69, 9.17) is 16.3 Å². The number of ether oxygens (including phenoxy) is 1. The van der Waals surface area contributed by atoms with Crippen LogP contribution < -0.4 is 10.1 Å². The van der Waals surface area contributed by atoms with E-state index in [1.54, 1.807) is 36.4 Å². The maximum Gasteiger partial charge on any atom is 0.251 e. The lowest BCUT2D eigenvalue weighted by molar-refractivity contribution is -0.136. The molecule has 6 rings (SSSR count). The van der Waals surface area contributed by atoms with E-state index in [9.17, 15) is 9.90 Å². The Morgan fingerprint density at radius 2 is 1.93 bits per heavy atom. The summed E-state index contributed by atoms with van der Waals surface area (Å²) < 4.78 is 5.68. The van der Waals surface area contributed by atoms with Crippen molar-refractivity contribution in [3.05, 3.63) is 47.1 Å². The van der Waals surface area contributed by atoms with Crippen LogP contribution in [0.15, 0.2) is 36.4 Å². The van der Waals surface area contributed by atoms with E-state index < -0.39 is 5.60 Å². The van der Waals surface area contributed by atoms with E-state index in [0.717, 1.165) is 32.1 Å². The fraction of sp³-hybridized carbons (Fsp3) is 0.476. The van der Waals surface area contributed by atoms with Crippen LogP contribution in [0, 0.1) is 17.8 Å². The van der Waals surface area contributed by atoms with E-state index in [-0.39, 0.29) is 11.9 Å². The fourth-order valence-corrected chi connectivity index (χ4v) is 5.73. The Bertz CT molecular complexity index is 888. The largest absolute Gasteiger partial charge is 0.437 e. The van der Waals surface area contributed by atoms with Crippen molar-refractivity contribution < 1.29 is 14.6 Å². The summed E-state index contributed by atoms with van der Waals surface area (Å²) in [5.41, 5.74) is 0.0532. The highest BCUT2D eigenvalue weighted by atomic mass is 35.5. The van der Waals surface area contributed by atoms with Crippen molar-refractivity contribution in [3.63, 3.8) is 0 Å². The van der Waals surface area contributed by atoms with Gasteiger partial charge in [-0.05, 0) is 74.1 Å². The zero-order valence-electron chi connectivity index (χ0n) is 15.3. The maximum absolute atomic E-state index is 12.9. The topological polar surface area (TPSA) is 84.3 Å². The predicted molar refractivity (Wildman–Crippen MR) is 103 cm³/mol. The van der Waals surface area contributed by atoms with Gasteiger partial charge in [0.05, 0.1) is 5.60 Å². The first kappa shape index (κ1) is 17.9. The number of aliphatic hydroxyl groups is 1. The van der Waals surface area contributed by atoms with Crippen LogP contribution >= 0.6 is 11.6 Å². The predicted octanol–water partition coefficient (Wildman–Crippen LogP) is 3.59. The van der Waals surface area contributed by atoms with E-state index in [1.165, 1.54) is 0 Å². The van der Waals surface area contributed by atoms with E-state index >= 15 is 0 Å². The van der Waals surface area contributed by atoms with Crippen molar-refractivity contribution in [2.75, 3.05) is 0 Å². The molecule has 7 heteroatoms. The summed E-state index contributed by atoms with van der Waals surface area (Å²) in [5.74, 6) is 2.11. The number of hydrogen-bond donors (Lipinski definition) is 2. The summed E-state index contributed by atoms with van der Waals surface area (Å²) in [6.07, 6.45) is 4.78. The van der Waals surface area contributed by atoms with Crippen LogP contribution in [0.25, 0.3) is 0 Å². The van der Waals surface area contributed by atoms with Gasteiger partial charge in [0, 0.05) is 17.7 Å². The van der Waals surface area contributed by atoms with Crippen LogP contribution in [0.5, 0.6) is 11.6 Å². The molecule has 1 aromatic carbocycles. The van der Waals surface area contributed by atoms with Gasteiger partial charge in [-0.2, -0.15) is 0 Å². The minimum Gasteiger partial charge on any atom is -0.437 e. The third kappa shape index (κ3) is 3.35. The first-order chi connectivity index (χ1) is 13.5. The van der Waals surface area contributed by atoms with Gasteiger partial charge in [0.15, 0.2) is 5.15 Å². The second kappa shape index (κ2) is 6.71. The molecule has 0 spiro atoms. The third-order valence-electron chi connectivity index (χ3n) is 6.46. The minimum atomic E-state index is -0.495. The SMILES string of the molecule is O=C(NC1C2CC3CC1CC(O)(C3)C2)c1cccc(Oc2ccc(Cl)nn2)c1. The van der Waals surface area contributed by atoms with Crippen LogP contribution in [0.4, 0.5) is 0 Å². The monoisotopic (exact) mass is 399 g/mol. The lowest BCUT2D eigenvalue weighted by Gasteiger charge is -2.58. The molecule has 1 amide bonds. The molecule has 2 aromatic rings. The highest BCUT2D eigenvalue weighted by Gasteiger charge is 2.55. The number of halogens is 1. The molecule has 2 atom stereocenters. The number of nitrogens with zero attached hydrogens (tertiary/aromatic N) is 2.